The summed E-state index contributed by atoms with van der Waals surface area (Å²) in [5.74, 6) is 0.197. The molecule has 0 bridgehead atoms. The van der Waals surface area contributed by atoms with Gasteiger partial charge in [-0.05, 0) is 20.0 Å². The van der Waals surface area contributed by atoms with Crippen LogP contribution in [0, 0.1) is 17.1 Å². The first-order valence-corrected chi connectivity index (χ1v) is 11.8. The van der Waals surface area contributed by atoms with E-state index in [1.165, 1.54) is 24.7 Å². The van der Waals surface area contributed by atoms with E-state index in [-0.39, 0.29) is 33.8 Å². The predicted octanol–water partition coefficient (Wildman–Crippen LogP) is 4.37. The summed E-state index contributed by atoms with van der Waals surface area (Å²) in [5, 5.41) is 12.7. The fourth-order valence-corrected chi connectivity index (χ4v) is 4.32. The molecular formula is C25H23F4N9. The zero-order chi connectivity index (χ0) is 27.0. The molecule has 5 heterocycles. The minimum Gasteiger partial charge on any atom is -0.354 e. The Kier molecular flexibility index (Phi) is 6.58. The third-order valence-electron chi connectivity index (χ3n) is 6.53. The second kappa shape index (κ2) is 9.86. The number of piperazine rings is 1. The van der Waals surface area contributed by atoms with Crippen LogP contribution in [0.3, 0.4) is 0 Å². The number of aromatic nitrogens is 5. The largest absolute Gasteiger partial charge is 0.417 e. The standard InChI is InChI=1S/C25H23F4N9/c1-14(18-12-31-21(8-20(18)26)38-5-3-37(2)4-6-38)35-24-34-10-15(9-30)22(36-24)19-13-33-23-17(19)7-16(11-32-23)25(27,28)29/h7-8,10-14H,3-6H2,1-2H3,(H,32,33)(H,34,35,36)/t14-/m1/s1. The Morgan fingerprint density at radius 2 is 1.84 bits per heavy atom. The van der Waals surface area contributed by atoms with Gasteiger partial charge in [0.2, 0.25) is 5.95 Å². The third-order valence-corrected chi connectivity index (χ3v) is 6.53. The van der Waals surface area contributed by atoms with E-state index in [9.17, 15) is 18.4 Å². The Hall–Kier alpha value is -4.31. The molecule has 1 fully saturated rings. The molecular weight excluding hydrogens is 502 g/mol. The lowest BCUT2D eigenvalue weighted by Gasteiger charge is -2.33. The van der Waals surface area contributed by atoms with Crippen molar-refractivity contribution in [1.29, 1.82) is 5.26 Å². The highest BCUT2D eigenvalue weighted by Crippen LogP contribution is 2.35. The van der Waals surface area contributed by atoms with Gasteiger partial charge in [0.05, 0.1) is 29.1 Å². The van der Waals surface area contributed by atoms with Gasteiger partial charge < -0.3 is 20.1 Å². The number of hydrogen-bond donors (Lipinski definition) is 2. The lowest BCUT2D eigenvalue weighted by atomic mass is 10.1. The maximum Gasteiger partial charge on any atom is 0.417 e. The molecule has 38 heavy (non-hydrogen) atoms. The van der Waals surface area contributed by atoms with Crippen molar-refractivity contribution in [3.63, 3.8) is 0 Å². The summed E-state index contributed by atoms with van der Waals surface area (Å²) in [7, 11) is 2.04. The first-order valence-electron chi connectivity index (χ1n) is 11.8. The van der Waals surface area contributed by atoms with E-state index in [1.807, 2.05) is 18.0 Å². The summed E-state index contributed by atoms with van der Waals surface area (Å²) >= 11 is 0. The van der Waals surface area contributed by atoms with Crippen molar-refractivity contribution in [3.8, 4) is 17.3 Å². The van der Waals surface area contributed by atoms with Crippen molar-refractivity contribution >= 4 is 22.8 Å². The highest BCUT2D eigenvalue weighted by atomic mass is 19.4. The molecule has 0 amide bonds. The van der Waals surface area contributed by atoms with Crippen LogP contribution in [0.2, 0.25) is 0 Å². The van der Waals surface area contributed by atoms with Crippen molar-refractivity contribution in [1.82, 2.24) is 29.8 Å². The quantitative estimate of drug-likeness (QED) is 0.370. The van der Waals surface area contributed by atoms with Crippen LogP contribution in [0.1, 0.15) is 29.7 Å². The molecule has 4 aromatic heterocycles. The van der Waals surface area contributed by atoms with Crippen LogP contribution >= 0.6 is 0 Å². The van der Waals surface area contributed by atoms with Gasteiger partial charge in [-0.3, -0.25) is 0 Å². The van der Waals surface area contributed by atoms with Crippen LogP contribution in [0.5, 0.6) is 0 Å². The Morgan fingerprint density at radius 1 is 1.08 bits per heavy atom. The lowest BCUT2D eigenvalue weighted by Crippen LogP contribution is -2.44. The fourth-order valence-electron chi connectivity index (χ4n) is 4.32. The van der Waals surface area contributed by atoms with Gasteiger partial charge in [0.1, 0.15) is 23.4 Å². The van der Waals surface area contributed by atoms with E-state index in [2.05, 4.69) is 35.1 Å². The number of anilines is 2. The third kappa shape index (κ3) is 4.95. The van der Waals surface area contributed by atoms with E-state index < -0.39 is 23.6 Å². The highest BCUT2D eigenvalue weighted by molar-refractivity contribution is 5.94. The summed E-state index contributed by atoms with van der Waals surface area (Å²) in [6.45, 7) is 4.95. The Balaban J connectivity index is 1.42. The molecule has 13 heteroatoms. The minimum atomic E-state index is -4.58. The molecule has 1 aliphatic heterocycles. The molecule has 0 spiro atoms. The van der Waals surface area contributed by atoms with Crippen LogP contribution < -0.4 is 10.2 Å². The molecule has 4 aromatic rings. The zero-order valence-corrected chi connectivity index (χ0v) is 20.5. The summed E-state index contributed by atoms with van der Waals surface area (Å²) < 4.78 is 54.9. The predicted molar refractivity (Wildman–Crippen MR) is 133 cm³/mol. The number of fused-ring (bicyclic) bond motifs is 1. The van der Waals surface area contributed by atoms with Gasteiger partial charge in [-0.25, -0.2) is 24.3 Å². The van der Waals surface area contributed by atoms with E-state index in [0.29, 0.717) is 11.4 Å². The van der Waals surface area contributed by atoms with Crippen molar-refractivity contribution in [3.05, 3.63) is 59.4 Å². The topological polar surface area (TPSA) is 110 Å². The lowest BCUT2D eigenvalue weighted by molar-refractivity contribution is -0.137. The molecule has 0 aliphatic carbocycles. The second-order valence-corrected chi connectivity index (χ2v) is 9.11. The Labute approximate surface area is 215 Å². The van der Waals surface area contributed by atoms with Gasteiger partial charge in [0, 0.05) is 67.3 Å². The molecule has 0 radical (unpaired) electrons. The van der Waals surface area contributed by atoms with Crippen molar-refractivity contribution in [2.45, 2.75) is 19.1 Å². The number of nitriles is 1. The van der Waals surface area contributed by atoms with Crippen LogP contribution in [0.25, 0.3) is 22.3 Å². The summed E-state index contributed by atoms with van der Waals surface area (Å²) in [5.41, 5.74) is 0.0287. The molecule has 9 nitrogen and oxygen atoms in total. The maximum atomic E-state index is 15.1. The van der Waals surface area contributed by atoms with E-state index in [1.54, 1.807) is 6.92 Å². The van der Waals surface area contributed by atoms with Gasteiger partial charge in [0.15, 0.2) is 0 Å². The number of pyridine rings is 2. The smallest absolute Gasteiger partial charge is 0.354 e. The fraction of sp³-hybridized carbons (Fsp3) is 0.320. The first-order chi connectivity index (χ1) is 18.1. The van der Waals surface area contributed by atoms with Crippen LogP contribution in [0.4, 0.5) is 29.3 Å². The number of nitrogens with zero attached hydrogens (tertiary/aromatic N) is 7. The van der Waals surface area contributed by atoms with Crippen molar-refractivity contribution < 1.29 is 17.6 Å². The number of rotatable bonds is 5. The SMILES string of the molecule is C[C@@H](Nc1ncc(C#N)c(-c2c[nH]c3ncc(C(F)(F)F)cc23)n1)c1cnc(N2CCN(C)CC2)cc1F. The van der Waals surface area contributed by atoms with Gasteiger partial charge in [0.25, 0.3) is 0 Å². The van der Waals surface area contributed by atoms with E-state index >= 15 is 4.39 Å². The molecule has 1 aliphatic rings. The van der Waals surface area contributed by atoms with Crippen molar-refractivity contribution in [2.75, 3.05) is 43.4 Å². The van der Waals surface area contributed by atoms with Gasteiger partial charge in [-0.15, -0.1) is 0 Å². The van der Waals surface area contributed by atoms with Crippen LogP contribution in [-0.4, -0.2) is 63.0 Å². The molecule has 1 atom stereocenters. The highest BCUT2D eigenvalue weighted by Gasteiger charge is 2.32. The summed E-state index contributed by atoms with van der Waals surface area (Å²) in [6.07, 6.45) is 0.325. The molecule has 0 aromatic carbocycles. The van der Waals surface area contributed by atoms with Crippen LogP contribution in [0.15, 0.2) is 36.9 Å². The van der Waals surface area contributed by atoms with Gasteiger partial charge >= 0.3 is 6.18 Å². The van der Waals surface area contributed by atoms with Gasteiger partial charge in [-0.2, -0.15) is 18.4 Å². The van der Waals surface area contributed by atoms with Crippen molar-refractivity contribution in [2.24, 2.45) is 0 Å². The number of nitrogens with one attached hydrogen (secondary N) is 2. The number of halogens is 4. The van der Waals surface area contributed by atoms with Crippen LogP contribution in [-0.2, 0) is 6.18 Å². The number of likely N-dealkylation sites (N-methyl/N-ethyl adjacent to an activating group) is 1. The second-order valence-electron chi connectivity index (χ2n) is 9.11. The Morgan fingerprint density at radius 3 is 2.53 bits per heavy atom. The summed E-state index contributed by atoms with van der Waals surface area (Å²) in [6, 6.07) is 3.73. The molecule has 0 unspecified atom stereocenters. The average Bonchev–Trinajstić information content (AvgIpc) is 3.31. The molecule has 0 saturated carbocycles. The van der Waals surface area contributed by atoms with E-state index in [4.69, 9.17) is 0 Å². The number of H-pyrrole nitrogens is 1. The Bertz CT molecular complexity index is 1520. The monoisotopic (exact) mass is 525 g/mol. The maximum absolute atomic E-state index is 15.1. The van der Waals surface area contributed by atoms with E-state index in [0.717, 1.165) is 38.4 Å². The zero-order valence-electron chi connectivity index (χ0n) is 20.5. The first kappa shape index (κ1) is 25.3. The normalized spacial score (nSPS) is 15.4. The average molecular weight is 526 g/mol. The number of hydrogen-bond acceptors (Lipinski definition) is 8. The molecule has 2 N–H and O–H groups in total. The molecule has 1 saturated heterocycles. The number of aromatic amines is 1. The molecule has 196 valence electrons. The number of alkyl halides is 3. The molecule has 5 rings (SSSR count). The minimum absolute atomic E-state index is 0.0610. The van der Waals surface area contributed by atoms with Gasteiger partial charge in [-0.1, -0.05) is 0 Å². The summed E-state index contributed by atoms with van der Waals surface area (Å²) in [4.78, 5) is 23.9.